The van der Waals surface area contributed by atoms with E-state index in [0.29, 0.717) is 35.9 Å². The first-order chi connectivity index (χ1) is 17.0. The van der Waals surface area contributed by atoms with Crippen molar-refractivity contribution in [2.45, 2.75) is 46.6 Å². The summed E-state index contributed by atoms with van der Waals surface area (Å²) in [4.78, 5) is 51.5. The van der Waals surface area contributed by atoms with Gasteiger partial charge in [-0.15, -0.1) is 0 Å². The number of hydrogen-bond acceptors (Lipinski definition) is 8. The molecule has 0 aromatic carbocycles. The van der Waals surface area contributed by atoms with Crippen molar-refractivity contribution >= 4 is 34.8 Å². The van der Waals surface area contributed by atoms with Crippen molar-refractivity contribution in [3.63, 3.8) is 0 Å². The number of amides is 2. The second kappa shape index (κ2) is 10.9. The van der Waals surface area contributed by atoms with Gasteiger partial charge in [0.05, 0.1) is 29.5 Å². The van der Waals surface area contributed by atoms with Crippen LogP contribution in [0.1, 0.15) is 40.5 Å². The molecule has 11 heteroatoms. The van der Waals surface area contributed by atoms with E-state index in [1.807, 2.05) is 18.0 Å². The van der Waals surface area contributed by atoms with Crippen LogP contribution >= 0.6 is 0 Å². The summed E-state index contributed by atoms with van der Waals surface area (Å²) in [6.07, 6.45) is 3.78. The highest BCUT2D eigenvalue weighted by Gasteiger charge is 2.33. The fourth-order valence-corrected chi connectivity index (χ4v) is 4.26. The van der Waals surface area contributed by atoms with Gasteiger partial charge >= 0.3 is 12.0 Å². The van der Waals surface area contributed by atoms with Crippen molar-refractivity contribution in [2.24, 2.45) is 11.3 Å². The van der Waals surface area contributed by atoms with Gasteiger partial charge in [-0.1, -0.05) is 6.92 Å². The SMILES string of the molecule is C[C@@H]1CCN(C(=O)CC#N)C[C@@H]1N(C)c1ncnc2c1ccn2C(=O)N(C)CCOC(=O)C(C)(C)C. The van der Waals surface area contributed by atoms with E-state index < -0.39 is 5.41 Å². The zero-order valence-electron chi connectivity index (χ0n) is 21.9. The topological polar surface area (TPSA) is 125 Å². The van der Waals surface area contributed by atoms with E-state index in [0.717, 1.165) is 6.42 Å². The van der Waals surface area contributed by atoms with Crippen LogP contribution in [0.2, 0.25) is 0 Å². The summed E-state index contributed by atoms with van der Waals surface area (Å²) in [5, 5.41) is 9.62. The Balaban J connectivity index is 1.76. The molecule has 2 aromatic rings. The van der Waals surface area contributed by atoms with E-state index in [9.17, 15) is 14.4 Å². The van der Waals surface area contributed by atoms with Gasteiger partial charge in [-0.05, 0) is 39.2 Å². The lowest BCUT2D eigenvalue weighted by molar-refractivity contribution is -0.153. The van der Waals surface area contributed by atoms with Crippen LogP contribution in [0.15, 0.2) is 18.6 Å². The third kappa shape index (κ3) is 5.75. The second-order valence-electron chi connectivity index (χ2n) is 10.3. The third-order valence-electron chi connectivity index (χ3n) is 6.60. The van der Waals surface area contributed by atoms with Crippen LogP contribution < -0.4 is 4.90 Å². The minimum Gasteiger partial charge on any atom is -0.463 e. The van der Waals surface area contributed by atoms with E-state index in [1.54, 1.807) is 45.0 Å². The molecule has 0 N–H and O–H groups in total. The zero-order chi connectivity index (χ0) is 26.6. The molecule has 1 aliphatic heterocycles. The van der Waals surface area contributed by atoms with Crippen molar-refractivity contribution < 1.29 is 19.1 Å². The van der Waals surface area contributed by atoms with Crippen molar-refractivity contribution in [3.05, 3.63) is 18.6 Å². The Morgan fingerprint density at radius 3 is 2.64 bits per heavy atom. The van der Waals surface area contributed by atoms with Crippen molar-refractivity contribution in [1.29, 1.82) is 5.26 Å². The molecule has 36 heavy (non-hydrogen) atoms. The predicted molar refractivity (Wildman–Crippen MR) is 134 cm³/mol. The number of hydrogen-bond donors (Lipinski definition) is 0. The number of aromatic nitrogens is 3. The van der Waals surface area contributed by atoms with Crippen LogP contribution in [0.4, 0.5) is 10.6 Å². The van der Waals surface area contributed by atoms with Gasteiger partial charge < -0.3 is 19.4 Å². The maximum absolute atomic E-state index is 13.1. The Kier molecular flexibility index (Phi) is 8.17. The van der Waals surface area contributed by atoms with Gasteiger partial charge in [-0.25, -0.2) is 14.8 Å². The van der Waals surface area contributed by atoms with E-state index >= 15 is 0 Å². The smallest absolute Gasteiger partial charge is 0.329 e. The van der Waals surface area contributed by atoms with Crippen molar-refractivity contribution in [2.75, 3.05) is 45.2 Å². The molecule has 2 atom stereocenters. The maximum Gasteiger partial charge on any atom is 0.329 e. The van der Waals surface area contributed by atoms with Gasteiger partial charge in [0.1, 0.15) is 25.2 Å². The third-order valence-corrected chi connectivity index (χ3v) is 6.60. The molecule has 0 unspecified atom stereocenters. The molecule has 0 bridgehead atoms. The van der Waals surface area contributed by atoms with E-state index in [-0.39, 0.29) is 43.5 Å². The fourth-order valence-electron chi connectivity index (χ4n) is 4.26. The highest BCUT2D eigenvalue weighted by molar-refractivity contribution is 5.94. The number of piperidine rings is 1. The number of likely N-dealkylation sites (N-methyl/N-ethyl adjacent to an activating group) is 2. The second-order valence-corrected chi connectivity index (χ2v) is 10.3. The lowest BCUT2D eigenvalue weighted by atomic mass is 9.92. The molecule has 194 valence electrons. The molecule has 0 aliphatic carbocycles. The summed E-state index contributed by atoms with van der Waals surface area (Å²) in [5.74, 6) is 0.486. The number of nitrogens with zero attached hydrogens (tertiary/aromatic N) is 7. The van der Waals surface area contributed by atoms with E-state index in [1.165, 1.54) is 15.8 Å². The molecule has 11 nitrogen and oxygen atoms in total. The first kappa shape index (κ1) is 26.9. The number of rotatable bonds is 6. The molecule has 2 amide bonds. The molecule has 0 saturated carbocycles. The molecular formula is C25H35N7O4. The predicted octanol–water partition coefficient (Wildman–Crippen LogP) is 2.51. The summed E-state index contributed by atoms with van der Waals surface area (Å²) >= 11 is 0. The standard InChI is InChI=1S/C25H35N7O4/c1-17-8-11-31(20(33)7-10-26)15-19(17)30(6)21-18-9-12-32(22(18)28-16-27-21)24(35)29(5)13-14-36-23(34)25(2,3)4/h9,12,16-17,19H,7-8,11,13-15H2,1-6H3/t17-,19+/m1/s1. The number of likely N-dealkylation sites (tertiary alicyclic amines) is 1. The quantitative estimate of drug-likeness (QED) is 0.558. The molecule has 0 spiro atoms. The molecule has 3 rings (SSSR count). The van der Waals surface area contributed by atoms with E-state index in [2.05, 4.69) is 16.9 Å². The number of esters is 1. The highest BCUT2D eigenvalue weighted by Crippen LogP contribution is 2.29. The average Bonchev–Trinajstić information content (AvgIpc) is 3.27. The Hall–Kier alpha value is -3.68. The highest BCUT2D eigenvalue weighted by atomic mass is 16.5. The van der Waals surface area contributed by atoms with Gasteiger partial charge in [0.15, 0.2) is 5.65 Å². The summed E-state index contributed by atoms with van der Waals surface area (Å²) in [5.41, 5.74) is -0.134. The number of carbonyl (C=O) groups excluding carboxylic acids is 3. The summed E-state index contributed by atoms with van der Waals surface area (Å²) < 4.78 is 6.73. The van der Waals surface area contributed by atoms with Crippen molar-refractivity contribution in [1.82, 2.24) is 24.3 Å². The van der Waals surface area contributed by atoms with Crippen molar-refractivity contribution in [3.8, 4) is 6.07 Å². The Morgan fingerprint density at radius 1 is 1.25 bits per heavy atom. The fraction of sp³-hybridized carbons (Fsp3) is 0.600. The minimum absolute atomic E-state index is 0.00119. The monoisotopic (exact) mass is 497 g/mol. The lowest BCUT2D eigenvalue weighted by Crippen LogP contribution is -2.52. The Morgan fingerprint density at radius 2 is 1.97 bits per heavy atom. The first-order valence-electron chi connectivity index (χ1n) is 12.1. The number of nitriles is 1. The summed E-state index contributed by atoms with van der Waals surface area (Å²) in [6.45, 7) is 8.95. The maximum atomic E-state index is 13.1. The number of ether oxygens (including phenoxy) is 1. The van der Waals surface area contributed by atoms with Crippen LogP contribution in [0.3, 0.4) is 0 Å². The zero-order valence-corrected chi connectivity index (χ0v) is 21.9. The summed E-state index contributed by atoms with van der Waals surface area (Å²) in [6, 6.07) is 3.43. The normalized spacial score (nSPS) is 18.0. The number of anilines is 1. The van der Waals surface area contributed by atoms with Gasteiger partial charge in [0.2, 0.25) is 5.91 Å². The number of fused-ring (bicyclic) bond motifs is 1. The van der Waals surface area contributed by atoms with Gasteiger partial charge in [-0.2, -0.15) is 5.26 Å². The van der Waals surface area contributed by atoms with Crippen LogP contribution in [-0.4, -0.2) is 88.6 Å². The molecule has 2 aromatic heterocycles. The Labute approximate surface area is 211 Å². The summed E-state index contributed by atoms with van der Waals surface area (Å²) in [7, 11) is 3.57. The Bertz CT molecular complexity index is 1160. The number of carbonyl (C=O) groups is 3. The van der Waals surface area contributed by atoms with Crippen LogP contribution in [-0.2, 0) is 14.3 Å². The largest absolute Gasteiger partial charge is 0.463 e. The molecule has 0 radical (unpaired) electrons. The first-order valence-corrected chi connectivity index (χ1v) is 12.1. The minimum atomic E-state index is -0.603. The lowest BCUT2D eigenvalue weighted by Gasteiger charge is -2.42. The van der Waals surface area contributed by atoms with Crippen LogP contribution in [0.5, 0.6) is 0 Å². The molecular weight excluding hydrogens is 462 g/mol. The van der Waals surface area contributed by atoms with Gasteiger partial charge in [0.25, 0.3) is 0 Å². The molecule has 3 heterocycles. The molecule has 1 saturated heterocycles. The average molecular weight is 498 g/mol. The van der Waals surface area contributed by atoms with Gasteiger partial charge in [0, 0.05) is 33.4 Å². The van der Waals surface area contributed by atoms with Crippen LogP contribution in [0, 0.1) is 22.7 Å². The molecule has 1 aliphatic rings. The molecule has 1 fully saturated rings. The van der Waals surface area contributed by atoms with Crippen LogP contribution in [0.25, 0.3) is 11.0 Å². The van der Waals surface area contributed by atoms with Gasteiger partial charge in [-0.3, -0.25) is 14.2 Å². The van der Waals surface area contributed by atoms with E-state index in [4.69, 9.17) is 10.00 Å².